The van der Waals surface area contributed by atoms with Gasteiger partial charge >= 0.3 is 0 Å². The predicted octanol–water partition coefficient (Wildman–Crippen LogP) is 2.49. The van der Waals surface area contributed by atoms with Crippen LogP contribution in [-0.2, 0) is 6.54 Å². The summed E-state index contributed by atoms with van der Waals surface area (Å²) in [6, 6.07) is 6.83. The Morgan fingerprint density at radius 1 is 1.23 bits per heavy atom. The molecule has 2 heterocycles. The number of aryl methyl sites for hydroxylation is 1. The molecule has 3 rings (SSSR count). The Labute approximate surface area is 128 Å². The summed E-state index contributed by atoms with van der Waals surface area (Å²) < 4.78 is 1.88. The lowest BCUT2D eigenvalue weighted by Gasteiger charge is -2.33. The van der Waals surface area contributed by atoms with Crippen LogP contribution in [0.1, 0.15) is 19.3 Å². The largest absolute Gasteiger partial charge is 0.372 e. The van der Waals surface area contributed by atoms with Crippen LogP contribution in [0, 0.1) is 16.0 Å². The third-order valence-corrected chi connectivity index (χ3v) is 4.27. The van der Waals surface area contributed by atoms with E-state index in [4.69, 9.17) is 0 Å². The van der Waals surface area contributed by atoms with Crippen LogP contribution in [0.25, 0.3) is 0 Å². The lowest BCUT2D eigenvalue weighted by molar-refractivity contribution is -0.384. The van der Waals surface area contributed by atoms with Gasteiger partial charge in [0.2, 0.25) is 0 Å². The number of nitro benzene ring substituents is 1. The third kappa shape index (κ3) is 3.41. The van der Waals surface area contributed by atoms with E-state index in [0.717, 1.165) is 44.6 Å². The predicted molar refractivity (Wildman–Crippen MR) is 82.7 cm³/mol. The molecule has 1 aromatic heterocycles. The standard InChI is InChI=1S/C15H19N5O2/c21-20(22)15-3-1-14(2-4-15)18-8-5-13(6-9-18)7-10-19-12-16-11-17-19/h1-4,11-13H,5-10H2. The van der Waals surface area contributed by atoms with Crippen LogP contribution in [0.15, 0.2) is 36.9 Å². The topological polar surface area (TPSA) is 77.1 Å². The molecule has 0 N–H and O–H groups in total. The number of hydrogen-bond donors (Lipinski definition) is 0. The molecule has 2 aromatic rings. The molecule has 7 heteroatoms. The van der Waals surface area contributed by atoms with Gasteiger partial charge in [0.05, 0.1) is 4.92 Å². The van der Waals surface area contributed by atoms with Crippen molar-refractivity contribution < 1.29 is 4.92 Å². The van der Waals surface area contributed by atoms with Gasteiger partial charge in [-0.1, -0.05) is 0 Å². The SMILES string of the molecule is O=[N+]([O-])c1ccc(N2CCC(CCn3cncn3)CC2)cc1. The molecule has 1 fully saturated rings. The zero-order valence-corrected chi connectivity index (χ0v) is 12.3. The Bertz CT molecular complexity index is 603. The van der Waals surface area contributed by atoms with E-state index in [1.54, 1.807) is 24.8 Å². The van der Waals surface area contributed by atoms with Crippen molar-refractivity contribution in [3.8, 4) is 0 Å². The van der Waals surface area contributed by atoms with Gasteiger partial charge in [-0.3, -0.25) is 14.8 Å². The number of anilines is 1. The van der Waals surface area contributed by atoms with Gasteiger partial charge in [0.15, 0.2) is 0 Å². The lowest BCUT2D eigenvalue weighted by atomic mass is 9.93. The van der Waals surface area contributed by atoms with Crippen LogP contribution in [0.3, 0.4) is 0 Å². The molecule has 0 radical (unpaired) electrons. The van der Waals surface area contributed by atoms with Gasteiger partial charge in [-0.15, -0.1) is 0 Å². The number of rotatable bonds is 5. The summed E-state index contributed by atoms with van der Waals surface area (Å²) in [5, 5.41) is 14.8. The zero-order chi connectivity index (χ0) is 15.4. The van der Waals surface area contributed by atoms with Gasteiger partial charge in [-0.25, -0.2) is 4.98 Å². The minimum Gasteiger partial charge on any atom is -0.372 e. The first-order chi connectivity index (χ1) is 10.7. The average molecular weight is 301 g/mol. The molecule has 0 unspecified atom stereocenters. The van der Waals surface area contributed by atoms with Crippen molar-refractivity contribution >= 4 is 11.4 Å². The summed E-state index contributed by atoms with van der Waals surface area (Å²) in [7, 11) is 0. The van der Waals surface area contributed by atoms with Crippen LogP contribution in [0.2, 0.25) is 0 Å². The molecule has 0 spiro atoms. The Morgan fingerprint density at radius 2 is 1.95 bits per heavy atom. The Morgan fingerprint density at radius 3 is 2.55 bits per heavy atom. The maximum Gasteiger partial charge on any atom is 0.269 e. The number of nitrogens with zero attached hydrogens (tertiary/aromatic N) is 5. The van der Waals surface area contributed by atoms with Gasteiger partial charge in [0.25, 0.3) is 5.69 Å². The van der Waals surface area contributed by atoms with Gasteiger partial charge in [-0.2, -0.15) is 5.10 Å². The molecule has 1 saturated heterocycles. The molecular weight excluding hydrogens is 282 g/mol. The fraction of sp³-hybridized carbons (Fsp3) is 0.467. The minimum atomic E-state index is -0.361. The normalized spacial score (nSPS) is 15.9. The number of benzene rings is 1. The fourth-order valence-corrected chi connectivity index (χ4v) is 2.93. The Balaban J connectivity index is 1.49. The van der Waals surface area contributed by atoms with Gasteiger partial charge in [-0.05, 0) is 37.3 Å². The highest BCUT2D eigenvalue weighted by atomic mass is 16.6. The summed E-state index contributed by atoms with van der Waals surface area (Å²) in [6.07, 6.45) is 6.73. The summed E-state index contributed by atoms with van der Waals surface area (Å²) in [5.74, 6) is 0.707. The van der Waals surface area contributed by atoms with E-state index in [9.17, 15) is 10.1 Å². The molecule has 1 aliphatic heterocycles. The molecule has 116 valence electrons. The Kier molecular flexibility index (Phi) is 4.32. The van der Waals surface area contributed by atoms with E-state index < -0.39 is 0 Å². The fourth-order valence-electron chi connectivity index (χ4n) is 2.93. The van der Waals surface area contributed by atoms with Crippen molar-refractivity contribution in [3.05, 3.63) is 47.0 Å². The molecule has 0 bridgehead atoms. The minimum absolute atomic E-state index is 0.145. The summed E-state index contributed by atoms with van der Waals surface area (Å²) in [4.78, 5) is 16.6. The summed E-state index contributed by atoms with van der Waals surface area (Å²) in [6.45, 7) is 2.92. The second-order valence-electron chi connectivity index (χ2n) is 5.65. The van der Waals surface area contributed by atoms with Gasteiger partial charge in [0, 0.05) is 37.5 Å². The molecule has 0 amide bonds. The Hall–Kier alpha value is -2.44. The molecule has 22 heavy (non-hydrogen) atoms. The van der Waals surface area contributed by atoms with E-state index >= 15 is 0 Å². The second-order valence-corrected chi connectivity index (χ2v) is 5.65. The van der Waals surface area contributed by atoms with Crippen molar-refractivity contribution in [1.82, 2.24) is 14.8 Å². The van der Waals surface area contributed by atoms with E-state index in [1.165, 1.54) is 0 Å². The quantitative estimate of drug-likeness (QED) is 0.626. The second kappa shape index (κ2) is 6.55. The zero-order valence-electron chi connectivity index (χ0n) is 12.3. The molecular formula is C15H19N5O2. The molecule has 7 nitrogen and oxygen atoms in total. The molecule has 0 atom stereocenters. The van der Waals surface area contributed by atoms with Crippen LogP contribution in [0.4, 0.5) is 11.4 Å². The molecule has 1 aliphatic rings. The first kappa shape index (κ1) is 14.5. The maximum atomic E-state index is 10.7. The van der Waals surface area contributed by atoms with Crippen molar-refractivity contribution in [3.63, 3.8) is 0 Å². The first-order valence-corrected chi connectivity index (χ1v) is 7.54. The molecule has 1 aromatic carbocycles. The molecule has 0 saturated carbocycles. The van der Waals surface area contributed by atoms with Crippen molar-refractivity contribution in [2.75, 3.05) is 18.0 Å². The molecule has 0 aliphatic carbocycles. The van der Waals surface area contributed by atoms with Crippen LogP contribution >= 0.6 is 0 Å². The van der Waals surface area contributed by atoms with Crippen LogP contribution < -0.4 is 4.90 Å². The number of piperidine rings is 1. The monoisotopic (exact) mass is 301 g/mol. The van der Waals surface area contributed by atoms with Crippen molar-refractivity contribution in [2.45, 2.75) is 25.8 Å². The highest BCUT2D eigenvalue weighted by molar-refractivity contribution is 5.51. The van der Waals surface area contributed by atoms with E-state index in [1.807, 2.05) is 16.8 Å². The lowest BCUT2D eigenvalue weighted by Crippen LogP contribution is -2.33. The summed E-state index contributed by atoms with van der Waals surface area (Å²) in [5.41, 5.74) is 1.21. The highest BCUT2D eigenvalue weighted by Gasteiger charge is 2.19. The van der Waals surface area contributed by atoms with E-state index in [2.05, 4.69) is 15.0 Å². The first-order valence-electron chi connectivity index (χ1n) is 7.54. The van der Waals surface area contributed by atoms with Crippen LogP contribution in [-0.4, -0.2) is 32.8 Å². The van der Waals surface area contributed by atoms with Crippen molar-refractivity contribution in [2.24, 2.45) is 5.92 Å². The van der Waals surface area contributed by atoms with E-state index in [0.29, 0.717) is 5.92 Å². The number of aromatic nitrogens is 3. The number of hydrogen-bond acceptors (Lipinski definition) is 5. The van der Waals surface area contributed by atoms with Gasteiger partial charge < -0.3 is 4.90 Å². The van der Waals surface area contributed by atoms with Crippen LogP contribution in [0.5, 0.6) is 0 Å². The smallest absolute Gasteiger partial charge is 0.269 e. The summed E-state index contributed by atoms with van der Waals surface area (Å²) >= 11 is 0. The third-order valence-electron chi connectivity index (χ3n) is 4.27. The van der Waals surface area contributed by atoms with Crippen molar-refractivity contribution in [1.29, 1.82) is 0 Å². The highest BCUT2D eigenvalue weighted by Crippen LogP contribution is 2.26. The van der Waals surface area contributed by atoms with E-state index in [-0.39, 0.29) is 10.6 Å². The van der Waals surface area contributed by atoms with Gasteiger partial charge in [0.1, 0.15) is 12.7 Å². The maximum absolute atomic E-state index is 10.7. The number of non-ortho nitro benzene ring substituents is 1. The number of nitro groups is 1. The average Bonchev–Trinajstić information content (AvgIpc) is 3.07.